The van der Waals surface area contributed by atoms with Crippen LogP contribution in [0.1, 0.15) is 37.0 Å². The molecule has 0 radical (unpaired) electrons. The summed E-state index contributed by atoms with van der Waals surface area (Å²) in [5.41, 5.74) is 3.53. The lowest BCUT2D eigenvalue weighted by atomic mass is 10.3. The highest BCUT2D eigenvalue weighted by Gasteiger charge is 2.14. The summed E-state index contributed by atoms with van der Waals surface area (Å²) in [6.45, 7) is 5.72. The highest BCUT2D eigenvalue weighted by atomic mass is 35.5. The van der Waals surface area contributed by atoms with Gasteiger partial charge in [-0.1, -0.05) is 28.5 Å². The number of carbonyl (C=O) groups excluding carboxylic acids is 1. The molecule has 0 aliphatic rings. The van der Waals surface area contributed by atoms with E-state index in [0.29, 0.717) is 16.5 Å². The SMILES string of the molecule is CCOC(=O)c1cc(/C(C)=N/N/C=C(\C)Sc2ccc(Cl)cc2)on1. The molecule has 1 aromatic carbocycles. The number of nitrogens with one attached hydrogen (secondary N) is 1. The Bertz CT molecular complexity index is 785. The number of aromatic nitrogens is 1. The molecule has 8 heteroatoms. The molecule has 25 heavy (non-hydrogen) atoms. The van der Waals surface area contributed by atoms with Crippen molar-refractivity contribution in [3.05, 3.63) is 57.9 Å². The lowest BCUT2D eigenvalue weighted by molar-refractivity contribution is 0.0514. The van der Waals surface area contributed by atoms with Gasteiger partial charge >= 0.3 is 5.97 Å². The maximum Gasteiger partial charge on any atom is 0.360 e. The second kappa shape index (κ2) is 9.29. The van der Waals surface area contributed by atoms with Gasteiger partial charge in [0.1, 0.15) is 5.71 Å². The van der Waals surface area contributed by atoms with E-state index in [4.69, 9.17) is 20.9 Å². The molecule has 2 aromatic rings. The molecule has 6 nitrogen and oxygen atoms in total. The number of hydrazone groups is 1. The number of hydrogen-bond acceptors (Lipinski definition) is 7. The van der Waals surface area contributed by atoms with E-state index in [1.54, 1.807) is 31.8 Å². The summed E-state index contributed by atoms with van der Waals surface area (Å²) in [6.07, 6.45) is 1.77. The van der Waals surface area contributed by atoms with Crippen LogP contribution >= 0.6 is 23.4 Å². The van der Waals surface area contributed by atoms with Crippen molar-refractivity contribution in [2.75, 3.05) is 6.61 Å². The number of carbonyl (C=O) groups is 1. The highest BCUT2D eigenvalue weighted by Crippen LogP contribution is 2.26. The van der Waals surface area contributed by atoms with Crippen LogP contribution in [0.15, 0.2) is 56.0 Å². The lowest BCUT2D eigenvalue weighted by Crippen LogP contribution is -2.05. The molecule has 0 atom stereocenters. The first-order valence-electron chi connectivity index (χ1n) is 7.53. The largest absolute Gasteiger partial charge is 0.461 e. The third-order valence-corrected chi connectivity index (χ3v) is 4.14. The predicted octanol–water partition coefficient (Wildman–Crippen LogP) is 4.47. The van der Waals surface area contributed by atoms with Crippen molar-refractivity contribution in [2.24, 2.45) is 5.10 Å². The van der Waals surface area contributed by atoms with Crippen LogP contribution in [0.3, 0.4) is 0 Å². The molecule has 0 saturated heterocycles. The zero-order valence-corrected chi connectivity index (χ0v) is 15.6. The van der Waals surface area contributed by atoms with E-state index in [9.17, 15) is 4.79 Å². The van der Waals surface area contributed by atoms with Crippen molar-refractivity contribution < 1.29 is 14.1 Å². The number of benzene rings is 1. The Hall–Kier alpha value is -2.25. The minimum absolute atomic E-state index is 0.122. The second-order valence-corrected chi connectivity index (χ2v) is 6.69. The number of esters is 1. The highest BCUT2D eigenvalue weighted by molar-refractivity contribution is 8.03. The van der Waals surface area contributed by atoms with Crippen molar-refractivity contribution in [1.29, 1.82) is 0 Å². The number of allylic oxidation sites excluding steroid dienone is 1. The van der Waals surface area contributed by atoms with Crippen molar-refractivity contribution >= 4 is 35.0 Å². The molecule has 0 fully saturated rings. The molecule has 0 bridgehead atoms. The third kappa shape index (κ3) is 5.95. The average molecular weight is 380 g/mol. The standard InChI is InChI=1S/C17H18ClN3O3S/c1-4-23-17(22)15-9-16(24-21-15)12(3)20-19-10-11(2)25-14-7-5-13(18)6-8-14/h5-10,19H,4H2,1-3H3/b11-10+,20-12+. The Morgan fingerprint density at radius 3 is 2.80 bits per heavy atom. The van der Waals surface area contributed by atoms with Gasteiger partial charge in [0.2, 0.25) is 0 Å². The van der Waals surface area contributed by atoms with Gasteiger partial charge in [-0.05, 0) is 45.0 Å². The topological polar surface area (TPSA) is 76.7 Å². The van der Waals surface area contributed by atoms with Crippen LogP contribution in [-0.4, -0.2) is 23.4 Å². The number of rotatable bonds is 7. The summed E-state index contributed by atoms with van der Waals surface area (Å²) in [6, 6.07) is 9.09. The third-order valence-electron chi connectivity index (χ3n) is 2.94. The molecule has 1 aromatic heterocycles. The van der Waals surface area contributed by atoms with Gasteiger partial charge in [-0.2, -0.15) is 5.10 Å². The van der Waals surface area contributed by atoms with Crippen LogP contribution in [0.5, 0.6) is 0 Å². The molecule has 1 N–H and O–H groups in total. The van der Waals surface area contributed by atoms with Gasteiger partial charge in [0.05, 0.1) is 6.61 Å². The molecule has 0 unspecified atom stereocenters. The van der Waals surface area contributed by atoms with E-state index < -0.39 is 5.97 Å². The number of hydrogen-bond donors (Lipinski definition) is 1. The van der Waals surface area contributed by atoms with Crippen LogP contribution in [0.4, 0.5) is 0 Å². The summed E-state index contributed by atoms with van der Waals surface area (Å²) >= 11 is 7.45. The first kappa shape index (κ1) is 19.1. The minimum Gasteiger partial charge on any atom is -0.461 e. The van der Waals surface area contributed by atoms with E-state index in [2.05, 4.69) is 15.7 Å². The Labute approximate surface area is 155 Å². The molecule has 0 aliphatic heterocycles. The van der Waals surface area contributed by atoms with Crippen molar-refractivity contribution in [3.63, 3.8) is 0 Å². The van der Waals surface area contributed by atoms with Crippen LogP contribution < -0.4 is 5.43 Å². The monoisotopic (exact) mass is 379 g/mol. The van der Waals surface area contributed by atoms with E-state index in [0.717, 1.165) is 9.80 Å². The Morgan fingerprint density at radius 2 is 2.12 bits per heavy atom. The summed E-state index contributed by atoms with van der Waals surface area (Å²) in [5, 5.41) is 8.56. The average Bonchev–Trinajstić information content (AvgIpc) is 3.07. The van der Waals surface area contributed by atoms with Crippen LogP contribution in [-0.2, 0) is 4.74 Å². The molecule has 0 amide bonds. The van der Waals surface area contributed by atoms with Crippen LogP contribution in [0.25, 0.3) is 0 Å². The molecule has 0 saturated carbocycles. The smallest absolute Gasteiger partial charge is 0.360 e. The number of thioether (sulfide) groups is 1. The zero-order chi connectivity index (χ0) is 18.2. The molecule has 132 valence electrons. The number of halogens is 1. The normalized spacial score (nSPS) is 12.2. The summed E-state index contributed by atoms with van der Waals surface area (Å²) < 4.78 is 9.96. The van der Waals surface area contributed by atoms with E-state index in [1.807, 2.05) is 31.2 Å². The van der Waals surface area contributed by atoms with Gasteiger partial charge < -0.3 is 9.26 Å². The van der Waals surface area contributed by atoms with E-state index in [1.165, 1.54) is 6.07 Å². The lowest BCUT2D eigenvalue weighted by Gasteiger charge is -2.02. The first-order valence-corrected chi connectivity index (χ1v) is 8.73. The second-order valence-electron chi connectivity index (χ2n) is 4.93. The quantitative estimate of drug-likeness (QED) is 0.331. The van der Waals surface area contributed by atoms with Gasteiger partial charge in [-0.3, -0.25) is 5.43 Å². The maximum atomic E-state index is 11.6. The van der Waals surface area contributed by atoms with Gasteiger partial charge in [0.25, 0.3) is 0 Å². The summed E-state index contributed by atoms with van der Waals surface area (Å²) in [7, 11) is 0. The Balaban J connectivity index is 1.93. The van der Waals surface area contributed by atoms with Gasteiger partial charge in [0.15, 0.2) is 11.5 Å². The van der Waals surface area contributed by atoms with Crippen molar-refractivity contribution in [3.8, 4) is 0 Å². The zero-order valence-electron chi connectivity index (χ0n) is 14.1. The first-order chi connectivity index (χ1) is 12.0. The fourth-order valence-corrected chi connectivity index (χ4v) is 2.62. The molecule has 1 heterocycles. The number of ether oxygens (including phenoxy) is 1. The molecule has 0 aliphatic carbocycles. The molecular formula is C17H18ClN3O3S. The molecular weight excluding hydrogens is 362 g/mol. The summed E-state index contributed by atoms with van der Waals surface area (Å²) in [5.74, 6) is -0.125. The molecule has 0 spiro atoms. The number of nitrogens with zero attached hydrogens (tertiary/aromatic N) is 2. The van der Waals surface area contributed by atoms with Crippen LogP contribution in [0.2, 0.25) is 5.02 Å². The Morgan fingerprint density at radius 1 is 1.40 bits per heavy atom. The van der Waals surface area contributed by atoms with Gasteiger partial charge in [-0.25, -0.2) is 4.79 Å². The van der Waals surface area contributed by atoms with Crippen LogP contribution in [0, 0.1) is 0 Å². The van der Waals surface area contributed by atoms with Gasteiger partial charge in [-0.15, -0.1) is 0 Å². The minimum atomic E-state index is -0.520. The maximum absolute atomic E-state index is 11.6. The van der Waals surface area contributed by atoms with Crippen molar-refractivity contribution in [2.45, 2.75) is 25.7 Å². The Kier molecular flexibility index (Phi) is 7.09. The summed E-state index contributed by atoms with van der Waals surface area (Å²) in [4.78, 5) is 13.7. The fourth-order valence-electron chi connectivity index (χ4n) is 1.74. The predicted molar refractivity (Wildman–Crippen MR) is 98.9 cm³/mol. The van der Waals surface area contributed by atoms with E-state index >= 15 is 0 Å². The molecule has 2 rings (SSSR count). The fraction of sp³-hybridized carbons (Fsp3) is 0.235. The van der Waals surface area contributed by atoms with E-state index in [-0.39, 0.29) is 12.3 Å². The van der Waals surface area contributed by atoms with Crippen molar-refractivity contribution in [1.82, 2.24) is 10.6 Å². The van der Waals surface area contributed by atoms with Gasteiger partial charge in [0, 0.05) is 27.1 Å².